The molecule has 1 atom stereocenters. The van der Waals surface area contributed by atoms with Crippen LogP contribution in [-0.4, -0.2) is 11.4 Å². The van der Waals surface area contributed by atoms with Crippen LogP contribution in [0.3, 0.4) is 0 Å². The number of hydrazine groups is 1. The van der Waals surface area contributed by atoms with E-state index in [1.807, 2.05) is 6.92 Å². The fourth-order valence-corrected chi connectivity index (χ4v) is 0.664. The molecule has 0 aliphatic carbocycles. The zero-order chi connectivity index (χ0) is 8.69. The first kappa shape index (κ1) is 10.6. The Morgan fingerprint density at radius 3 is 2.82 bits per heavy atom. The molecule has 0 heterocycles. The lowest BCUT2D eigenvalue weighted by Crippen LogP contribution is -2.44. The molecule has 0 aromatic carbocycles. The average molecular weight is 179 g/mol. The predicted molar refractivity (Wildman–Crippen MR) is 47.5 cm³/mol. The fraction of sp³-hybridized carbons (Fsp3) is 0.833. The van der Waals surface area contributed by atoms with Crippen molar-refractivity contribution < 1.29 is 4.39 Å². The topological polar surface area (TPSA) is 50.1 Å². The van der Waals surface area contributed by atoms with Gasteiger partial charge in [0.05, 0.1) is 0 Å². The molecule has 0 fully saturated rings. The minimum absolute atomic E-state index is 0.0594. The number of rotatable bonds is 5. The van der Waals surface area contributed by atoms with E-state index in [2.05, 4.69) is 23.1 Å². The highest BCUT2D eigenvalue weighted by Crippen LogP contribution is 1.99. The molecule has 0 radical (unpaired) electrons. The Hall–Kier alpha value is -0.420. The van der Waals surface area contributed by atoms with Gasteiger partial charge in [0.2, 0.25) is 0 Å². The van der Waals surface area contributed by atoms with E-state index in [9.17, 15) is 4.39 Å². The third-order valence-corrected chi connectivity index (χ3v) is 1.27. The first-order valence-electron chi connectivity index (χ1n) is 3.62. The average Bonchev–Trinajstić information content (AvgIpc) is 1.97. The second-order valence-corrected chi connectivity index (χ2v) is 2.68. The van der Waals surface area contributed by atoms with Crippen molar-refractivity contribution in [2.45, 2.75) is 32.5 Å². The smallest absolute Gasteiger partial charge is 0.178 e. The van der Waals surface area contributed by atoms with Crippen molar-refractivity contribution in [3.63, 3.8) is 0 Å². The number of nitrogens with one attached hydrogen (secondary N) is 2. The number of thiocarbonyl (C=S) groups is 1. The van der Waals surface area contributed by atoms with Gasteiger partial charge in [-0.1, -0.05) is 13.3 Å². The Kier molecular flexibility index (Phi) is 6.06. The Balaban J connectivity index is 3.22. The van der Waals surface area contributed by atoms with Crippen molar-refractivity contribution in [1.29, 1.82) is 0 Å². The summed E-state index contributed by atoms with van der Waals surface area (Å²) in [6, 6.07) is 0. The summed E-state index contributed by atoms with van der Waals surface area (Å²) in [7, 11) is 0. The maximum atomic E-state index is 12.7. The molecule has 0 aromatic heterocycles. The van der Waals surface area contributed by atoms with Crippen LogP contribution in [0, 0.1) is 0 Å². The highest BCUT2D eigenvalue weighted by Gasteiger charge is 2.02. The number of alkyl halides is 1. The highest BCUT2D eigenvalue weighted by molar-refractivity contribution is 7.80. The maximum absolute atomic E-state index is 12.7. The molecule has 11 heavy (non-hydrogen) atoms. The van der Waals surface area contributed by atoms with E-state index in [1.165, 1.54) is 0 Å². The molecule has 0 amide bonds. The molecule has 0 spiro atoms. The van der Waals surface area contributed by atoms with Crippen LogP contribution in [0.15, 0.2) is 0 Å². The molecule has 0 bridgehead atoms. The molecular weight excluding hydrogens is 165 g/mol. The van der Waals surface area contributed by atoms with E-state index in [-0.39, 0.29) is 5.11 Å². The third-order valence-electron chi connectivity index (χ3n) is 1.16. The minimum Gasteiger partial charge on any atom is -0.375 e. The summed E-state index contributed by atoms with van der Waals surface area (Å²) >= 11 is 4.46. The van der Waals surface area contributed by atoms with Crippen LogP contribution in [0.25, 0.3) is 0 Å². The van der Waals surface area contributed by atoms with Gasteiger partial charge in [0.25, 0.3) is 0 Å². The Labute approximate surface area is 71.5 Å². The summed E-state index contributed by atoms with van der Waals surface area (Å²) in [5, 5.41) is 0.0594. The molecule has 0 aliphatic rings. The van der Waals surface area contributed by atoms with Crippen LogP contribution in [0.2, 0.25) is 0 Å². The van der Waals surface area contributed by atoms with Crippen molar-refractivity contribution >= 4 is 17.3 Å². The van der Waals surface area contributed by atoms with E-state index in [1.54, 1.807) is 0 Å². The summed E-state index contributed by atoms with van der Waals surface area (Å²) < 4.78 is 12.7. The Bertz CT molecular complexity index is 120. The van der Waals surface area contributed by atoms with Crippen molar-refractivity contribution in [1.82, 2.24) is 10.9 Å². The van der Waals surface area contributed by atoms with Gasteiger partial charge < -0.3 is 5.73 Å². The monoisotopic (exact) mass is 179 g/mol. The van der Waals surface area contributed by atoms with E-state index in [4.69, 9.17) is 5.73 Å². The lowest BCUT2D eigenvalue weighted by atomic mass is 10.2. The van der Waals surface area contributed by atoms with Crippen molar-refractivity contribution in [2.24, 2.45) is 5.73 Å². The van der Waals surface area contributed by atoms with Gasteiger partial charge in [-0.2, -0.15) is 0 Å². The molecule has 1 unspecified atom stereocenters. The van der Waals surface area contributed by atoms with Crippen LogP contribution in [0.4, 0.5) is 4.39 Å². The molecule has 0 aromatic rings. The van der Waals surface area contributed by atoms with Gasteiger partial charge in [-0.15, -0.1) is 0 Å². The van der Waals surface area contributed by atoms with Crippen LogP contribution in [0.5, 0.6) is 0 Å². The number of halogens is 1. The number of hydrogen-bond donors (Lipinski definition) is 3. The van der Waals surface area contributed by atoms with Crippen molar-refractivity contribution in [3.8, 4) is 0 Å². The Morgan fingerprint density at radius 2 is 2.36 bits per heavy atom. The van der Waals surface area contributed by atoms with Gasteiger partial charge in [0.15, 0.2) is 11.4 Å². The van der Waals surface area contributed by atoms with Gasteiger partial charge in [-0.25, -0.2) is 9.82 Å². The van der Waals surface area contributed by atoms with E-state index >= 15 is 0 Å². The number of unbranched alkanes of at least 4 members (excludes halogenated alkanes) is 1. The molecule has 5 heteroatoms. The molecule has 3 nitrogen and oxygen atoms in total. The summed E-state index contributed by atoms with van der Waals surface area (Å²) in [5.74, 6) is 0. The number of hydrogen-bond acceptors (Lipinski definition) is 2. The highest BCUT2D eigenvalue weighted by atomic mass is 32.1. The van der Waals surface area contributed by atoms with Crippen molar-refractivity contribution in [2.75, 3.05) is 0 Å². The fourth-order valence-electron chi connectivity index (χ4n) is 0.605. The second kappa shape index (κ2) is 6.30. The molecule has 66 valence electrons. The molecular formula is C6H14FN3S. The predicted octanol–water partition coefficient (Wildman–Crippen LogP) is 0.810. The summed E-state index contributed by atoms with van der Waals surface area (Å²) in [6.45, 7) is 2.01. The van der Waals surface area contributed by atoms with Gasteiger partial charge >= 0.3 is 0 Å². The summed E-state index contributed by atoms with van der Waals surface area (Å²) in [4.78, 5) is 0. The first-order chi connectivity index (χ1) is 5.16. The molecule has 0 saturated carbocycles. The normalized spacial score (nSPS) is 12.5. The quantitative estimate of drug-likeness (QED) is 0.332. The second-order valence-electron chi connectivity index (χ2n) is 2.24. The van der Waals surface area contributed by atoms with Crippen LogP contribution in [-0.2, 0) is 0 Å². The van der Waals surface area contributed by atoms with Gasteiger partial charge in [-0.3, -0.25) is 5.43 Å². The zero-order valence-corrected chi connectivity index (χ0v) is 7.38. The number of nitrogens with two attached hydrogens (primary N) is 1. The SMILES string of the molecule is CCCCC(F)NNC(N)=S. The Morgan fingerprint density at radius 1 is 1.73 bits per heavy atom. The lowest BCUT2D eigenvalue weighted by molar-refractivity contribution is 0.241. The standard InChI is InChI=1S/C6H14FN3S/c1-2-3-4-5(7)9-10-6(8)11/h5,9H,2-4H2,1H3,(H3,8,10,11). The van der Waals surface area contributed by atoms with Crippen molar-refractivity contribution in [3.05, 3.63) is 0 Å². The van der Waals surface area contributed by atoms with Gasteiger partial charge in [0, 0.05) is 0 Å². The van der Waals surface area contributed by atoms with Gasteiger partial charge in [0.1, 0.15) is 0 Å². The first-order valence-corrected chi connectivity index (χ1v) is 4.02. The van der Waals surface area contributed by atoms with Gasteiger partial charge in [-0.05, 0) is 25.1 Å². The van der Waals surface area contributed by atoms with Crippen LogP contribution >= 0.6 is 12.2 Å². The van der Waals surface area contributed by atoms with Crippen LogP contribution in [0.1, 0.15) is 26.2 Å². The maximum Gasteiger partial charge on any atom is 0.178 e. The minimum atomic E-state index is -1.07. The van der Waals surface area contributed by atoms with E-state index in [0.29, 0.717) is 6.42 Å². The van der Waals surface area contributed by atoms with E-state index < -0.39 is 6.30 Å². The van der Waals surface area contributed by atoms with Crippen LogP contribution < -0.4 is 16.6 Å². The lowest BCUT2D eigenvalue weighted by Gasteiger charge is -2.10. The summed E-state index contributed by atoms with van der Waals surface area (Å²) in [5.41, 5.74) is 9.73. The third kappa shape index (κ3) is 7.48. The zero-order valence-electron chi connectivity index (χ0n) is 6.56. The largest absolute Gasteiger partial charge is 0.375 e. The molecule has 0 aliphatic heterocycles. The molecule has 0 rings (SSSR count). The molecule has 4 N–H and O–H groups in total. The molecule has 0 saturated heterocycles. The summed E-state index contributed by atoms with van der Waals surface area (Å²) in [6.07, 6.45) is 1.24. The van der Waals surface area contributed by atoms with E-state index in [0.717, 1.165) is 12.8 Å².